The normalized spacial score (nSPS) is 28.4. The van der Waals surface area contributed by atoms with Crippen molar-refractivity contribution in [3.63, 3.8) is 0 Å². The van der Waals surface area contributed by atoms with Gasteiger partial charge in [0.15, 0.2) is 0 Å². The summed E-state index contributed by atoms with van der Waals surface area (Å²) in [6.07, 6.45) is 9.14. The van der Waals surface area contributed by atoms with E-state index in [0.717, 1.165) is 90.6 Å². The molecule has 13 heteroatoms. The van der Waals surface area contributed by atoms with Crippen molar-refractivity contribution in [2.45, 2.75) is 136 Å². The number of anilines is 2. The molecule has 4 aliphatic rings. The molecule has 8 rings (SSSR count). The predicted octanol–water partition coefficient (Wildman–Crippen LogP) is 10.3. The number of aliphatic hydroxyl groups excluding tert-OH is 2. The van der Waals surface area contributed by atoms with Gasteiger partial charge in [0, 0.05) is 38.2 Å². The molecule has 0 radical (unpaired) electrons. The molecular weight excluding hydrogens is 915 g/mol. The van der Waals surface area contributed by atoms with Gasteiger partial charge in [0.1, 0.15) is 11.5 Å². The maximum Gasteiger partial charge on any atom is 0.303 e. The second-order valence-corrected chi connectivity index (χ2v) is 23.8. The quantitative estimate of drug-likeness (QED) is 0.0506. The van der Waals surface area contributed by atoms with E-state index in [1.807, 2.05) is 61.5 Å². The first-order valence-corrected chi connectivity index (χ1v) is 28.0. The van der Waals surface area contributed by atoms with Crippen LogP contribution >= 0.6 is 0 Å². The number of amides is 1. The van der Waals surface area contributed by atoms with Crippen LogP contribution in [-0.4, -0.2) is 73.3 Å². The summed E-state index contributed by atoms with van der Waals surface area (Å²) in [5, 5.41) is 36.2. The SMILES string of the molecule is Cc1c(NS(C)(=O)=O)cccc1N(Cc1ccc(Oc2ccccc2)cc1)Cc1cccc(CCCC(=O)NCCO[C@H]2CC[C@@]3(C)[C@@H](C2)C[C@@H](O)[C@@H]2[C@@H]3C[C@H](O)[C@]3(C)[C@@H]([C@H](C)CCC(=O)O)CC[C@@H]23)c1. The highest BCUT2D eigenvalue weighted by molar-refractivity contribution is 7.92. The molecule has 1 amide bonds. The molecule has 4 aromatic rings. The Labute approximate surface area is 422 Å². The molecule has 0 aromatic heterocycles. The standard InChI is InChI=1S/C58H77N3O9S/c1-38(20-27-55(65)66)47-25-26-48-56-49(35-53(63)58(47,48)4)57(3)29-28-46(33-43(57)34-52(56)62)69-31-30-59-54(64)19-10-13-40-12-9-14-42(32-40)37-61(51-18-11-17-50(39(51)2)60-71(5,67)68)36-41-21-23-45(24-22-41)70-44-15-7-6-8-16-44/h6-9,11-12,14-18,21-24,32,38,43,46-49,52-53,56,60,62-63H,10,13,19-20,25-31,33-37H2,1-5H3,(H,59,64)(H,65,66)/t38-,43+,46+,47-,48+,49+,52-,53+,56+,57+,58-/m1/s1. The van der Waals surface area contributed by atoms with Crippen LogP contribution in [0, 0.1) is 53.3 Å². The minimum atomic E-state index is -3.48. The highest BCUT2D eigenvalue weighted by Crippen LogP contribution is 2.68. The lowest BCUT2D eigenvalue weighted by atomic mass is 9.43. The summed E-state index contributed by atoms with van der Waals surface area (Å²) < 4.78 is 39.6. The third-order valence-electron chi connectivity index (χ3n) is 17.5. The number of carboxylic acids is 1. The van der Waals surface area contributed by atoms with Crippen LogP contribution in [0.15, 0.2) is 97.1 Å². The average Bonchev–Trinajstić information content (AvgIpc) is 3.69. The van der Waals surface area contributed by atoms with E-state index in [1.54, 1.807) is 6.07 Å². The van der Waals surface area contributed by atoms with Crippen LogP contribution in [-0.2, 0) is 43.9 Å². The van der Waals surface area contributed by atoms with Crippen LogP contribution in [0.1, 0.15) is 114 Å². The molecule has 4 aliphatic carbocycles. The van der Waals surface area contributed by atoms with Crippen LogP contribution in [0.3, 0.4) is 0 Å². The molecule has 0 spiro atoms. The minimum Gasteiger partial charge on any atom is -0.481 e. The zero-order valence-electron chi connectivity index (χ0n) is 42.4. The highest BCUT2D eigenvalue weighted by atomic mass is 32.2. The molecule has 4 fully saturated rings. The number of nitrogens with one attached hydrogen (secondary N) is 2. The number of hydrogen-bond acceptors (Lipinski definition) is 9. The Bertz CT molecular complexity index is 2560. The second kappa shape index (κ2) is 22.4. The van der Waals surface area contributed by atoms with Gasteiger partial charge in [0.05, 0.1) is 36.9 Å². The van der Waals surface area contributed by atoms with E-state index in [9.17, 15) is 33.3 Å². The lowest BCUT2D eigenvalue weighted by Gasteiger charge is -2.63. The van der Waals surface area contributed by atoms with Crippen molar-refractivity contribution in [3.8, 4) is 11.5 Å². The van der Waals surface area contributed by atoms with Crippen LogP contribution < -0.4 is 19.7 Å². The molecule has 71 heavy (non-hydrogen) atoms. The van der Waals surface area contributed by atoms with Gasteiger partial charge in [0.2, 0.25) is 15.9 Å². The summed E-state index contributed by atoms with van der Waals surface area (Å²) in [6.45, 7) is 10.7. The summed E-state index contributed by atoms with van der Waals surface area (Å²) in [5.41, 5.74) is 5.29. The lowest BCUT2D eigenvalue weighted by molar-refractivity contribution is -0.209. The second-order valence-electron chi connectivity index (χ2n) is 22.0. The van der Waals surface area contributed by atoms with Gasteiger partial charge in [-0.15, -0.1) is 0 Å². The van der Waals surface area contributed by atoms with Crippen molar-refractivity contribution >= 4 is 33.3 Å². The van der Waals surface area contributed by atoms with E-state index in [4.69, 9.17) is 9.47 Å². The van der Waals surface area contributed by atoms with Gasteiger partial charge in [-0.1, -0.05) is 81.4 Å². The molecule has 384 valence electrons. The number of carbonyl (C=O) groups is 2. The van der Waals surface area contributed by atoms with Crippen molar-refractivity contribution in [2.24, 2.45) is 46.3 Å². The number of carbonyl (C=O) groups excluding carboxylic acids is 1. The van der Waals surface area contributed by atoms with E-state index in [2.05, 4.69) is 72.1 Å². The summed E-state index contributed by atoms with van der Waals surface area (Å²) in [6, 6.07) is 31.8. The molecule has 0 heterocycles. The summed E-state index contributed by atoms with van der Waals surface area (Å²) in [5.74, 6) is 2.12. The Morgan fingerprint density at radius 3 is 2.30 bits per heavy atom. The van der Waals surface area contributed by atoms with E-state index < -0.39 is 28.2 Å². The zero-order chi connectivity index (χ0) is 50.5. The number of aliphatic hydroxyl groups is 2. The average molecular weight is 992 g/mol. The number of rotatable bonds is 21. The number of ether oxygens (including phenoxy) is 2. The Morgan fingerprint density at radius 1 is 0.831 bits per heavy atom. The first-order valence-electron chi connectivity index (χ1n) is 26.1. The topological polar surface area (TPSA) is 175 Å². The number of carboxylic acid groups (broad SMARTS) is 1. The highest BCUT2D eigenvalue weighted by Gasteiger charge is 2.65. The summed E-state index contributed by atoms with van der Waals surface area (Å²) in [7, 11) is -3.48. The summed E-state index contributed by atoms with van der Waals surface area (Å²) in [4.78, 5) is 26.7. The van der Waals surface area contributed by atoms with Crippen molar-refractivity contribution < 1.29 is 42.8 Å². The van der Waals surface area contributed by atoms with Gasteiger partial charge >= 0.3 is 5.97 Å². The number of fused-ring (bicyclic) bond motifs is 5. The number of sulfonamides is 1. The fourth-order valence-corrected chi connectivity index (χ4v) is 14.5. The summed E-state index contributed by atoms with van der Waals surface area (Å²) >= 11 is 0. The Balaban J connectivity index is 0.807. The van der Waals surface area contributed by atoms with E-state index in [1.165, 1.54) is 0 Å². The van der Waals surface area contributed by atoms with E-state index >= 15 is 0 Å². The largest absolute Gasteiger partial charge is 0.481 e. The number of aliphatic carboxylic acids is 1. The Hall–Kier alpha value is -4.95. The monoisotopic (exact) mass is 992 g/mol. The van der Waals surface area contributed by atoms with Gasteiger partial charge in [-0.2, -0.15) is 0 Å². The molecular formula is C58H77N3O9S. The molecule has 12 nitrogen and oxygen atoms in total. The van der Waals surface area contributed by atoms with Gasteiger partial charge in [0.25, 0.3) is 0 Å². The predicted molar refractivity (Wildman–Crippen MR) is 279 cm³/mol. The van der Waals surface area contributed by atoms with Crippen molar-refractivity contribution in [1.82, 2.24) is 5.32 Å². The molecule has 5 N–H and O–H groups in total. The van der Waals surface area contributed by atoms with Crippen LogP contribution in [0.4, 0.5) is 11.4 Å². The Kier molecular flexibility index (Phi) is 16.6. The van der Waals surface area contributed by atoms with Gasteiger partial charge in [-0.05, 0) is 176 Å². The van der Waals surface area contributed by atoms with Crippen molar-refractivity contribution in [1.29, 1.82) is 0 Å². The molecule has 0 unspecified atom stereocenters. The van der Waals surface area contributed by atoms with E-state index in [-0.39, 0.29) is 58.9 Å². The maximum absolute atomic E-state index is 13.0. The third kappa shape index (κ3) is 12.3. The van der Waals surface area contributed by atoms with Crippen molar-refractivity contribution in [3.05, 3.63) is 119 Å². The molecule has 0 bridgehead atoms. The van der Waals surface area contributed by atoms with Crippen LogP contribution in [0.5, 0.6) is 11.5 Å². The fourth-order valence-electron chi connectivity index (χ4n) is 13.9. The third-order valence-corrected chi connectivity index (χ3v) is 18.1. The van der Waals surface area contributed by atoms with Crippen molar-refractivity contribution in [2.75, 3.05) is 29.0 Å². The van der Waals surface area contributed by atoms with Crippen LogP contribution in [0.2, 0.25) is 0 Å². The minimum absolute atomic E-state index is 0.000119. The fraction of sp³-hybridized carbons (Fsp3) is 0.552. The first kappa shape index (κ1) is 52.4. The lowest BCUT2D eigenvalue weighted by Crippen LogP contribution is -2.62. The molecule has 4 saturated carbocycles. The number of para-hydroxylation sites is 1. The number of benzene rings is 4. The molecule has 0 saturated heterocycles. The zero-order valence-corrected chi connectivity index (χ0v) is 43.2. The number of hydrogen-bond donors (Lipinski definition) is 5. The van der Waals surface area contributed by atoms with Gasteiger partial charge in [-0.3, -0.25) is 14.3 Å². The van der Waals surface area contributed by atoms with E-state index in [0.29, 0.717) is 63.5 Å². The first-order chi connectivity index (χ1) is 33.9. The van der Waals surface area contributed by atoms with Crippen LogP contribution in [0.25, 0.3) is 0 Å². The number of nitrogens with zero attached hydrogens (tertiary/aromatic N) is 1. The van der Waals surface area contributed by atoms with Gasteiger partial charge < -0.3 is 35.0 Å². The molecule has 4 aromatic carbocycles. The Morgan fingerprint density at radius 2 is 1.55 bits per heavy atom. The molecule has 0 aliphatic heterocycles. The molecule has 11 atom stereocenters. The van der Waals surface area contributed by atoms with Gasteiger partial charge in [-0.25, -0.2) is 8.42 Å². The smallest absolute Gasteiger partial charge is 0.303 e. The number of aryl methyl sites for hydroxylation is 1. The maximum atomic E-state index is 13.0.